The van der Waals surface area contributed by atoms with Crippen LogP contribution in [0.2, 0.25) is 0 Å². The van der Waals surface area contributed by atoms with Gasteiger partial charge in [0, 0.05) is 26.9 Å². The molecular weight excluding hydrogens is 242 g/mol. The maximum absolute atomic E-state index is 12.7. The second-order valence-corrected chi connectivity index (χ2v) is 5.31. The van der Waals surface area contributed by atoms with Gasteiger partial charge in [0.1, 0.15) is 5.69 Å². The lowest BCUT2D eigenvalue weighted by molar-refractivity contribution is 0.0246. The van der Waals surface area contributed by atoms with Crippen molar-refractivity contribution >= 4 is 5.91 Å². The van der Waals surface area contributed by atoms with Gasteiger partial charge in [0.15, 0.2) is 0 Å². The van der Waals surface area contributed by atoms with Crippen LogP contribution < -0.4 is 0 Å². The summed E-state index contributed by atoms with van der Waals surface area (Å²) in [5, 5.41) is 4.09. The number of nitrogens with zero attached hydrogens (tertiary/aromatic N) is 3. The van der Waals surface area contributed by atoms with Crippen LogP contribution in [0.4, 0.5) is 0 Å². The third-order valence-corrected chi connectivity index (χ3v) is 4.01. The highest BCUT2D eigenvalue weighted by Crippen LogP contribution is 2.35. The van der Waals surface area contributed by atoms with Crippen molar-refractivity contribution in [3.05, 3.63) is 18.0 Å². The fourth-order valence-corrected chi connectivity index (χ4v) is 3.19. The molecule has 0 saturated carbocycles. The summed E-state index contributed by atoms with van der Waals surface area (Å²) in [4.78, 5) is 14.7. The summed E-state index contributed by atoms with van der Waals surface area (Å²) in [6.45, 7) is 3.58. The van der Waals surface area contributed by atoms with Crippen molar-refractivity contribution in [2.24, 2.45) is 7.05 Å². The van der Waals surface area contributed by atoms with Crippen LogP contribution in [-0.4, -0.2) is 46.4 Å². The predicted octanol–water partition coefficient (Wildman–Crippen LogP) is 1.84. The molecule has 1 saturated heterocycles. The van der Waals surface area contributed by atoms with Crippen molar-refractivity contribution in [3.8, 4) is 0 Å². The Morgan fingerprint density at radius 1 is 1.58 bits per heavy atom. The third-order valence-electron chi connectivity index (χ3n) is 4.01. The average Bonchev–Trinajstić information content (AvgIpc) is 2.96. The minimum Gasteiger partial charge on any atom is -0.382 e. The number of hydrogen-bond donors (Lipinski definition) is 0. The topological polar surface area (TPSA) is 47.4 Å². The first-order valence-corrected chi connectivity index (χ1v) is 6.93. The van der Waals surface area contributed by atoms with Crippen LogP contribution in [0.3, 0.4) is 0 Å². The lowest BCUT2D eigenvalue weighted by atomic mass is 9.91. The third kappa shape index (κ3) is 2.52. The van der Waals surface area contributed by atoms with Gasteiger partial charge in [-0.05, 0) is 25.3 Å². The number of hydrogen-bond acceptors (Lipinski definition) is 3. The van der Waals surface area contributed by atoms with Gasteiger partial charge in [0.2, 0.25) is 0 Å². The second-order valence-electron chi connectivity index (χ2n) is 5.31. The summed E-state index contributed by atoms with van der Waals surface area (Å²) >= 11 is 0. The standard InChI is InChI=1S/C14H23N3O2/c1-4-7-14(11-19-3)8-5-10-17(14)13(18)12-6-9-15-16(12)2/h6,9H,4-5,7-8,10-11H2,1-3H3. The zero-order valence-corrected chi connectivity index (χ0v) is 12.1. The Morgan fingerprint density at radius 3 is 2.95 bits per heavy atom. The molecule has 1 unspecified atom stereocenters. The van der Waals surface area contributed by atoms with E-state index in [2.05, 4.69) is 12.0 Å². The van der Waals surface area contributed by atoms with Gasteiger partial charge in [-0.3, -0.25) is 9.48 Å². The molecule has 1 amide bonds. The molecule has 106 valence electrons. The van der Waals surface area contributed by atoms with E-state index in [0.717, 1.165) is 32.2 Å². The molecule has 5 heteroatoms. The Bertz CT molecular complexity index is 436. The Hall–Kier alpha value is -1.36. The summed E-state index contributed by atoms with van der Waals surface area (Å²) in [6.07, 6.45) is 5.79. The molecule has 0 spiro atoms. The minimum atomic E-state index is -0.134. The number of ether oxygens (including phenoxy) is 1. The first-order chi connectivity index (χ1) is 9.14. The van der Waals surface area contributed by atoms with E-state index in [1.165, 1.54) is 0 Å². The fraction of sp³-hybridized carbons (Fsp3) is 0.714. The lowest BCUT2D eigenvalue weighted by Gasteiger charge is -2.38. The summed E-state index contributed by atoms with van der Waals surface area (Å²) in [7, 11) is 3.52. The van der Waals surface area contributed by atoms with Crippen molar-refractivity contribution in [1.29, 1.82) is 0 Å². The van der Waals surface area contributed by atoms with Crippen LogP contribution >= 0.6 is 0 Å². The molecule has 0 N–H and O–H groups in total. The Morgan fingerprint density at radius 2 is 2.37 bits per heavy atom. The normalized spacial score (nSPS) is 23.0. The van der Waals surface area contributed by atoms with Crippen molar-refractivity contribution in [3.63, 3.8) is 0 Å². The molecule has 0 aromatic carbocycles. The van der Waals surface area contributed by atoms with E-state index in [9.17, 15) is 4.79 Å². The Labute approximate surface area is 114 Å². The lowest BCUT2D eigenvalue weighted by Crippen LogP contribution is -2.50. The zero-order valence-electron chi connectivity index (χ0n) is 12.1. The number of aromatic nitrogens is 2. The first kappa shape index (κ1) is 14.1. The number of carbonyl (C=O) groups excluding carboxylic acids is 1. The monoisotopic (exact) mass is 265 g/mol. The van der Waals surface area contributed by atoms with Crippen molar-refractivity contribution in [2.45, 2.75) is 38.1 Å². The van der Waals surface area contributed by atoms with E-state index < -0.39 is 0 Å². The van der Waals surface area contributed by atoms with Crippen LogP contribution in [-0.2, 0) is 11.8 Å². The number of methoxy groups -OCH3 is 1. The van der Waals surface area contributed by atoms with Gasteiger partial charge in [0.05, 0.1) is 12.1 Å². The summed E-state index contributed by atoms with van der Waals surface area (Å²) in [6, 6.07) is 1.78. The highest BCUT2D eigenvalue weighted by atomic mass is 16.5. The quantitative estimate of drug-likeness (QED) is 0.816. The van der Waals surface area contributed by atoms with E-state index >= 15 is 0 Å². The molecule has 1 aliphatic heterocycles. The number of likely N-dealkylation sites (tertiary alicyclic amines) is 1. The van der Waals surface area contributed by atoms with Gasteiger partial charge in [-0.2, -0.15) is 5.10 Å². The maximum Gasteiger partial charge on any atom is 0.272 e. The van der Waals surface area contributed by atoms with Gasteiger partial charge in [-0.15, -0.1) is 0 Å². The molecule has 19 heavy (non-hydrogen) atoms. The molecular formula is C14H23N3O2. The van der Waals surface area contributed by atoms with Crippen LogP contribution in [0.15, 0.2) is 12.3 Å². The van der Waals surface area contributed by atoms with Crippen molar-refractivity contribution in [1.82, 2.24) is 14.7 Å². The highest BCUT2D eigenvalue weighted by Gasteiger charge is 2.43. The van der Waals surface area contributed by atoms with Crippen LogP contribution in [0, 0.1) is 0 Å². The molecule has 0 bridgehead atoms. The van der Waals surface area contributed by atoms with Crippen LogP contribution in [0.5, 0.6) is 0 Å². The number of amides is 1. The van der Waals surface area contributed by atoms with E-state index in [-0.39, 0.29) is 11.4 Å². The summed E-state index contributed by atoms with van der Waals surface area (Å²) < 4.78 is 7.04. The summed E-state index contributed by atoms with van der Waals surface area (Å²) in [5.74, 6) is 0.0722. The fourth-order valence-electron chi connectivity index (χ4n) is 3.19. The number of rotatable bonds is 5. The van der Waals surface area contributed by atoms with Crippen molar-refractivity contribution in [2.75, 3.05) is 20.3 Å². The van der Waals surface area contributed by atoms with Gasteiger partial charge in [-0.25, -0.2) is 0 Å². The highest BCUT2D eigenvalue weighted by molar-refractivity contribution is 5.93. The average molecular weight is 265 g/mol. The van der Waals surface area contributed by atoms with Crippen molar-refractivity contribution < 1.29 is 9.53 Å². The SMILES string of the molecule is CCCC1(COC)CCCN1C(=O)c1ccnn1C. The van der Waals surface area contributed by atoms with E-state index in [1.807, 2.05) is 4.90 Å². The first-order valence-electron chi connectivity index (χ1n) is 6.93. The van der Waals surface area contributed by atoms with Crippen LogP contribution in [0.1, 0.15) is 43.1 Å². The van der Waals surface area contributed by atoms with Gasteiger partial charge < -0.3 is 9.64 Å². The van der Waals surface area contributed by atoms with E-state index in [0.29, 0.717) is 12.3 Å². The molecule has 1 aliphatic rings. The molecule has 2 heterocycles. The largest absolute Gasteiger partial charge is 0.382 e. The molecule has 1 aromatic heterocycles. The number of carbonyl (C=O) groups is 1. The second kappa shape index (κ2) is 5.74. The van der Waals surface area contributed by atoms with E-state index in [4.69, 9.17) is 4.74 Å². The predicted molar refractivity (Wildman–Crippen MR) is 73.0 cm³/mol. The van der Waals surface area contributed by atoms with Gasteiger partial charge >= 0.3 is 0 Å². The Kier molecular flexibility index (Phi) is 4.24. The molecule has 0 aliphatic carbocycles. The maximum atomic E-state index is 12.7. The van der Waals surface area contributed by atoms with Gasteiger partial charge in [0.25, 0.3) is 5.91 Å². The summed E-state index contributed by atoms with van der Waals surface area (Å²) in [5.41, 5.74) is 0.517. The number of aryl methyl sites for hydroxylation is 1. The molecule has 2 rings (SSSR count). The molecule has 0 radical (unpaired) electrons. The zero-order chi connectivity index (χ0) is 13.9. The minimum absolute atomic E-state index is 0.0722. The molecule has 5 nitrogen and oxygen atoms in total. The van der Waals surface area contributed by atoms with E-state index in [1.54, 1.807) is 31.1 Å². The molecule has 1 fully saturated rings. The molecule has 1 aromatic rings. The smallest absolute Gasteiger partial charge is 0.272 e. The van der Waals surface area contributed by atoms with Gasteiger partial charge in [-0.1, -0.05) is 13.3 Å². The Balaban J connectivity index is 2.26. The molecule has 1 atom stereocenters. The van der Waals surface area contributed by atoms with Crippen LogP contribution in [0.25, 0.3) is 0 Å².